The maximum absolute atomic E-state index is 12.1. The van der Waals surface area contributed by atoms with Crippen LogP contribution in [0.2, 0.25) is 0 Å². The number of nitrogens with one attached hydrogen (secondary N) is 1. The normalized spacial score (nSPS) is 11.7. The molecule has 0 saturated heterocycles. The van der Waals surface area contributed by atoms with Crippen LogP contribution in [0.25, 0.3) is 0 Å². The van der Waals surface area contributed by atoms with Crippen LogP contribution in [-0.4, -0.2) is 25.6 Å². The molecule has 1 N–H and O–H groups in total. The van der Waals surface area contributed by atoms with E-state index in [4.69, 9.17) is 4.74 Å². The fourth-order valence-corrected chi connectivity index (χ4v) is 2.82. The molecule has 2 aromatic rings. The van der Waals surface area contributed by atoms with Crippen LogP contribution in [0.4, 0.5) is 11.4 Å². The van der Waals surface area contributed by atoms with Crippen molar-refractivity contribution in [3.8, 4) is 5.75 Å². The number of amides is 1. The Bertz CT molecular complexity index is 676. The van der Waals surface area contributed by atoms with Gasteiger partial charge in [-0.25, -0.2) is 0 Å². The third-order valence-corrected chi connectivity index (χ3v) is 4.71. The minimum Gasteiger partial charge on any atom is -0.484 e. The second-order valence-electron chi connectivity index (χ2n) is 6.43. The summed E-state index contributed by atoms with van der Waals surface area (Å²) in [6, 6.07) is 15.9. The lowest BCUT2D eigenvalue weighted by atomic mass is 9.99. The van der Waals surface area contributed by atoms with Gasteiger partial charge in [0.05, 0.1) is 0 Å². The van der Waals surface area contributed by atoms with Crippen molar-refractivity contribution in [3.05, 3.63) is 54.1 Å². The van der Waals surface area contributed by atoms with Crippen molar-refractivity contribution in [2.75, 3.05) is 29.9 Å². The number of hydrogen-bond donors (Lipinski definition) is 1. The summed E-state index contributed by atoms with van der Waals surface area (Å²) in [7, 11) is 0. The second kappa shape index (κ2) is 9.85. The van der Waals surface area contributed by atoms with Crippen molar-refractivity contribution >= 4 is 17.3 Å². The fraction of sp³-hybridized carbons (Fsp3) is 0.409. The molecule has 0 radical (unpaired) electrons. The highest BCUT2D eigenvalue weighted by Crippen LogP contribution is 2.21. The number of benzene rings is 2. The van der Waals surface area contributed by atoms with Crippen molar-refractivity contribution in [1.82, 2.24) is 0 Å². The van der Waals surface area contributed by atoms with Gasteiger partial charge in [-0.15, -0.1) is 0 Å². The van der Waals surface area contributed by atoms with Crippen LogP contribution in [0.15, 0.2) is 48.5 Å². The first-order valence-corrected chi connectivity index (χ1v) is 9.44. The summed E-state index contributed by atoms with van der Waals surface area (Å²) >= 11 is 0. The molecule has 4 nitrogen and oxygen atoms in total. The first kappa shape index (κ1) is 19.8. The molecule has 2 aromatic carbocycles. The summed E-state index contributed by atoms with van der Waals surface area (Å²) in [6.07, 6.45) is 1.11. The van der Waals surface area contributed by atoms with Gasteiger partial charge in [-0.1, -0.05) is 26.0 Å². The van der Waals surface area contributed by atoms with Gasteiger partial charge in [-0.2, -0.15) is 0 Å². The van der Waals surface area contributed by atoms with E-state index < -0.39 is 0 Å². The molecule has 4 heteroatoms. The van der Waals surface area contributed by atoms with Crippen molar-refractivity contribution in [2.24, 2.45) is 0 Å². The largest absolute Gasteiger partial charge is 0.484 e. The van der Waals surface area contributed by atoms with E-state index in [2.05, 4.69) is 50.0 Å². The first-order valence-electron chi connectivity index (χ1n) is 9.44. The van der Waals surface area contributed by atoms with E-state index in [9.17, 15) is 4.79 Å². The summed E-state index contributed by atoms with van der Waals surface area (Å²) < 4.78 is 5.58. The van der Waals surface area contributed by atoms with E-state index in [0.29, 0.717) is 11.7 Å². The average Bonchev–Trinajstić information content (AvgIpc) is 2.68. The Labute approximate surface area is 157 Å². The van der Waals surface area contributed by atoms with Gasteiger partial charge >= 0.3 is 0 Å². The molecule has 0 unspecified atom stereocenters. The topological polar surface area (TPSA) is 41.6 Å². The van der Waals surface area contributed by atoms with Gasteiger partial charge in [-0.3, -0.25) is 4.79 Å². The lowest BCUT2D eigenvalue weighted by molar-refractivity contribution is -0.118. The first-order chi connectivity index (χ1) is 12.6. The van der Waals surface area contributed by atoms with E-state index >= 15 is 0 Å². The minimum atomic E-state index is -0.161. The molecule has 0 aliphatic carbocycles. The van der Waals surface area contributed by atoms with E-state index in [1.54, 1.807) is 0 Å². The Hall–Kier alpha value is -2.49. The zero-order chi connectivity index (χ0) is 18.9. The van der Waals surface area contributed by atoms with Gasteiger partial charge in [0.15, 0.2) is 6.61 Å². The SMILES string of the molecule is CC[C@@H](C)c1ccc(OCC(=O)Nc2ccc(N(CC)CC)cc2)cc1. The molecular formula is C22H30N2O2. The van der Waals surface area contributed by atoms with Crippen LogP contribution >= 0.6 is 0 Å². The molecule has 26 heavy (non-hydrogen) atoms. The molecule has 0 aliphatic heterocycles. The molecule has 0 aliphatic rings. The third kappa shape index (κ3) is 5.51. The number of anilines is 2. The predicted octanol–water partition coefficient (Wildman–Crippen LogP) is 5.06. The molecule has 1 amide bonds. The highest BCUT2D eigenvalue weighted by atomic mass is 16.5. The van der Waals surface area contributed by atoms with Gasteiger partial charge < -0.3 is 15.0 Å². The summed E-state index contributed by atoms with van der Waals surface area (Å²) in [5.41, 5.74) is 3.23. The molecule has 2 rings (SSSR count). The average molecular weight is 354 g/mol. The van der Waals surface area contributed by atoms with Gasteiger partial charge in [0.25, 0.3) is 5.91 Å². The molecule has 0 aromatic heterocycles. The van der Waals surface area contributed by atoms with Crippen molar-refractivity contribution in [2.45, 2.75) is 40.0 Å². The molecule has 0 heterocycles. The zero-order valence-corrected chi connectivity index (χ0v) is 16.3. The maximum Gasteiger partial charge on any atom is 0.262 e. The van der Waals surface area contributed by atoms with Crippen molar-refractivity contribution < 1.29 is 9.53 Å². The van der Waals surface area contributed by atoms with E-state index in [-0.39, 0.29) is 12.5 Å². The smallest absolute Gasteiger partial charge is 0.262 e. The highest BCUT2D eigenvalue weighted by Gasteiger charge is 2.07. The van der Waals surface area contributed by atoms with Crippen LogP contribution < -0.4 is 15.0 Å². The minimum absolute atomic E-state index is 0.000471. The van der Waals surface area contributed by atoms with E-state index in [1.807, 2.05) is 36.4 Å². The number of rotatable bonds is 9. The molecule has 140 valence electrons. The predicted molar refractivity (Wildman–Crippen MR) is 109 cm³/mol. The second-order valence-corrected chi connectivity index (χ2v) is 6.43. The van der Waals surface area contributed by atoms with Gasteiger partial charge in [-0.05, 0) is 68.1 Å². The summed E-state index contributed by atoms with van der Waals surface area (Å²) in [4.78, 5) is 14.4. The zero-order valence-electron chi connectivity index (χ0n) is 16.3. The van der Waals surface area contributed by atoms with Crippen molar-refractivity contribution in [3.63, 3.8) is 0 Å². The van der Waals surface area contributed by atoms with E-state index in [0.717, 1.165) is 30.9 Å². The summed E-state index contributed by atoms with van der Waals surface area (Å²) in [5.74, 6) is 1.09. The van der Waals surface area contributed by atoms with Gasteiger partial charge in [0.2, 0.25) is 0 Å². The number of hydrogen-bond acceptors (Lipinski definition) is 3. The van der Waals surface area contributed by atoms with Crippen LogP contribution in [0.5, 0.6) is 5.75 Å². The van der Waals surface area contributed by atoms with Crippen LogP contribution in [0.3, 0.4) is 0 Å². The van der Waals surface area contributed by atoms with Crippen molar-refractivity contribution in [1.29, 1.82) is 0 Å². The molecule has 0 saturated carbocycles. The number of carbonyl (C=O) groups excluding carboxylic acids is 1. The standard InChI is InChI=1S/C22H30N2O2/c1-5-17(4)18-8-14-21(15-9-18)26-16-22(25)23-19-10-12-20(13-11-19)24(6-2)7-3/h8-15,17H,5-7,16H2,1-4H3,(H,23,25)/t17-/m1/s1. The lowest BCUT2D eigenvalue weighted by Gasteiger charge is -2.21. The number of nitrogens with zero attached hydrogens (tertiary/aromatic N) is 1. The Morgan fingerprint density at radius 3 is 2.15 bits per heavy atom. The van der Waals surface area contributed by atoms with Gasteiger partial charge in [0, 0.05) is 24.5 Å². The van der Waals surface area contributed by atoms with Crippen LogP contribution in [0, 0.1) is 0 Å². The van der Waals surface area contributed by atoms with Gasteiger partial charge in [0.1, 0.15) is 5.75 Å². The fourth-order valence-electron chi connectivity index (χ4n) is 2.82. The summed E-state index contributed by atoms with van der Waals surface area (Å²) in [5, 5.41) is 2.87. The third-order valence-electron chi connectivity index (χ3n) is 4.71. The molecular weight excluding hydrogens is 324 g/mol. The molecule has 0 spiro atoms. The molecule has 0 fully saturated rings. The monoisotopic (exact) mass is 354 g/mol. The Morgan fingerprint density at radius 1 is 1.00 bits per heavy atom. The number of carbonyl (C=O) groups is 1. The number of ether oxygens (including phenoxy) is 1. The van der Waals surface area contributed by atoms with Crippen LogP contribution in [0.1, 0.15) is 45.6 Å². The van der Waals surface area contributed by atoms with Crippen LogP contribution in [-0.2, 0) is 4.79 Å². The Balaban J connectivity index is 1.85. The quantitative estimate of drug-likeness (QED) is 0.684. The maximum atomic E-state index is 12.1. The Morgan fingerprint density at radius 2 is 1.62 bits per heavy atom. The van der Waals surface area contributed by atoms with E-state index in [1.165, 1.54) is 5.56 Å². The Kier molecular flexibility index (Phi) is 7.52. The lowest BCUT2D eigenvalue weighted by Crippen LogP contribution is -2.22. The summed E-state index contributed by atoms with van der Waals surface area (Å²) in [6.45, 7) is 10.6. The molecule has 0 bridgehead atoms. The molecule has 1 atom stereocenters. The highest BCUT2D eigenvalue weighted by molar-refractivity contribution is 5.92.